The molecule has 1 aliphatic heterocycles. The van der Waals surface area contributed by atoms with Gasteiger partial charge in [0.05, 0.1) is 12.2 Å². The number of nitrogens with zero attached hydrogens (tertiary/aromatic N) is 1. The number of halogens is 1. The monoisotopic (exact) mass is 454 g/mol. The third kappa shape index (κ3) is 6.40. The Kier molecular flexibility index (Phi) is 7.37. The molecule has 0 atom stereocenters. The van der Waals surface area contributed by atoms with Crippen molar-refractivity contribution in [1.82, 2.24) is 4.90 Å². The normalized spacial score (nSPS) is 16.4. The molecule has 1 heterocycles. The first-order valence-electron chi connectivity index (χ1n) is 9.76. The molecular weight excluding hydrogens is 424 g/mol. The second kappa shape index (κ2) is 9.16. The molecule has 1 fully saturated rings. The number of hydrogen-bond acceptors (Lipinski definition) is 5. The fourth-order valence-corrected chi connectivity index (χ4v) is 3.46. The fraction of sp³-hybridized carbons (Fsp3) is 0.619. The summed E-state index contributed by atoms with van der Waals surface area (Å²) in [4.78, 5) is 26.0. The highest BCUT2D eigenvalue weighted by atomic mass is 79.9. The molecule has 7 heteroatoms. The minimum Gasteiger partial charge on any atom is -0.462 e. The first-order valence-corrected chi connectivity index (χ1v) is 10.5. The Morgan fingerprint density at radius 2 is 1.89 bits per heavy atom. The van der Waals surface area contributed by atoms with Crippen LogP contribution in [0.15, 0.2) is 22.7 Å². The summed E-state index contributed by atoms with van der Waals surface area (Å²) in [5.74, 6) is -0.314. The highest BCUT2D eigenvalue weighted by Crippen LogP contribution is 2.32. The Balaban J connectivity index is 1.97. The largest absolute Gasteiger partial charge is 0.462 e. The van der Waals surface area contributed by atoms with E-state index in [4.69, 9.17) is 9.47 Å². The first-order chi connectivity index (χ1) is 13.0. The molecule has 0 aliphatic carbocycles. The van der Waals surface area contributed by atoms with Gasteiger partial charge in [0.25, 0.3) is 0 Å². The SMILES string of the molecule is CCCOC(=O)c1ccc(NC2(C)CCN(C(=O)OC(C)(C)C)CC2)c(Br)c1. The second-order valence-electron chi connectivity index (χ2n) is 8.48. The zero-order chi connectivity index (χ0) is 20.9. The Hall–Kier alpha value is -1.76. The van der Waals surface area contributed by atoms with Crippen molar-refractivity contribution in [2.24, 2.45) is 0 Å². The number of likely N-dealkylation sites (tertiary alicyclic amines) is 1. The molecule has 0 unspecified atom stereocenters. The minimum absolute atomic E-state index is 0.148. The maximum Gasteiger partial charge on any atom is 0.410 e. The summed E-state index contributed by atoms with van der Waals surface area (Å²) in [5.41, 5.74) is 0.808. The third-order valence-corrected chi connectivity index (χ3v) is 5.25. The zero-order valence-electron chi connectivity index (χ0n) is 17.4. The van der Waals surface area contributed by atoms with Gasteiger partial charge in [0.2, 0.25) is 0 Å². The number of esters is 1. The van der Waals surface area contributed by atoms with Crippen LogP contribution in [0.25, 0.3) is 0 Å². The van der Waals surface area contributed by atoms with Crippen molar-refractivity contribution in [3.63, 3.8) is 0 Å². The lowest BCUT2D eigenvalue weighted by molar-refractivity contribution is 0.0184. The van der Waals surface area contributed by atoms with Crippen LogP contribution in [-0.4, -0.2) is 47.8 Å². The number of nitrogens with one attached hydrogen (secondary N) is 1. The summed E-state index contributed by atoms with van der Waals surface area (Å²) in [6, 6.07) is 5.43. The van der Waals surface area contributed by atoms with Crippen LogP contribution in [0, 0.1) is 0 Å². The summed E-state index contributed by atoms with van der Waals surface area (Å²) < 4.78 is 11.5. The number of hydrogen-bond donors (Lipinski definition) is 1. The molecule has 0 aromatic heterocycles. The van der Waals surface area contributed by atoms with E-state index in [-0.39, 0.29) is 17.6 Å². The van der Waals surface area contributed by atoms with Crippen LogP contribution in [0.1, 0.15) is 64.2 Å². The van der Waals surface area contributed by atoms with Crippen molar-refractivity contribution in [2.75, 3.05) is 25.0 Å². The van der Waals surface area contributed by atoms with Crippen LogP contribution in [0.3, 0.4) is 0 Å². The van der Waals surface area contributed by atoms with Gasteiger partial charge < -0.3 is 19.7 Å². The van der Waals surface area contributed by atoms with E-state index >= 15 is 0 Å². The van der Waals surface area contributed by atoms with E-state index in [0.717, 1.165) is 29.4 Å². The molecule has 1 aliphatic rings. The van der Waals surface area contributed by atoms with Crippen LogP contribution in [-0.2, 0) is 9.47 Å². The van der Waals surface area contributed by atoms with Gasteiger partial charge >= 0.3 is 12.1 Å². The van der Waals surface area contributed by atoms with Crippen molar-refractivity contribution < 1.29 is 19.1 Å². The van der Waals surface area contributed by atoms with Gasteiger partial charge in [0, 0.05) is 28.8 Å². The van der Waals surface area contributed by atoms with E-state index in [9.17, 15) is 9.59 Å². The highest BCUT2D eigenvalue weighted by Gasteiger charge is 2.34. The van der Waals surface area contributed by atoms with E-state index in [1.807, 2.05) is 33.8 Å². The van der Waals surface area contributed by atoms with Crippen LogP contribution >= 0.6 is 15.9 Å². The minimum atomic E-state index is -0.485. The van der Waals surface area contributed by atoms with Gasteiger partial charge in [-0.25, -0.2) is 9.59 Å². The number of benzene rings is 1. The highest BCUT2D eigenvalue weighted by molar-refractivity contribution is 9.10. The molecule has 1 aromatic rings. The lowest BCUT2D eigenvalue weighted by Gasteiger charge is -2.41. The Morgan fingerprint density at radius 3 is 2.43 bits per heavy atom. The molecule has 0 bridgehead atoms. The third-order valence-electron chi connectivity index (χ3n) is 4.60. The molecule has 1 amide bonds. The van der Waals surface area contributed by atoms with Crippen LogP contribution in [0.5, 0.6) is 0 Å². The maximum absolute atomic E-state index is 12.2. The van der Waals surface area contributed by atoms with Gasteiger partial charge in [-0.15, -0.1) is 0 Å². The van der Waals surface area contributed by atoms with Crippen molar-refractivity contribution in [3.05, 3.63) is 28.2 Å². The molecule has 1 N–H and O–H groups in total. The molecular formula is C21H31BrN2O4. The molecule has 28 heavy (non-hydrogen) atoms. The molecule has 0 radical (unpaired) electrons. The molecule has 6 nitrogen and oxygen atoms in total. The van der Waals surface area contributed by atoms with Crippen LogP contribution in [0.2, 0.25) is 0 Å². The second-order valence-corrected chi connectivity index (χ2v) is 9.34. The van der Waals surface area contributed by atoms with Gasteiger partial charge in [-0.2, -0.15) is 0 Å². The number of anilines is 1. The standard InChI is InChI=1S/C21H31BrN2O4/c1-6-13-27-18(25)15-7-8-17(16(22)14-15)23-21(5)9-11-24(12-10-21)19(26)28-20(2,3)4/h7-8,14,23H,6,9-13H2,1-5H3. The van der Waals surface area contributed by atoms with E-state index in [2.05, 4.69) is 28.2 Å². The van der Waals surface area contributed by atoms with Crippen molar-refractivity contribution >= 4 is 33.7 Å². The van der Waals surface area contributed by atoms with Crippen LogP contribution < -0.4 is 5.32 Å². The van der Waals surface area contributed by atoms with Crippen molar-refractivity contribution in [2.45, 2.75) is 65.0 Å². The Bertz CT molecular complexity index is 707. The Morgan fingerprint density at radius 1 is 1.25 bits per heavy atom. The van der Waals surface area contributed by atoms with Crippen molar-refractivity contribution in [3.8, 4) is 0 Å². The van der Waals surface area contributed by atoms with E-state index in [1.165, 1.54) is 0 Å². The van der Waals surface area contributed by atoms with E-state index in [0.29, 0.717) is 25.3 Å². The molecule has 0 saturated carbocycles. The van der Waals surface area contributed by atoms with E-state index < -0.39 is 5.60 Å². The van der Waals surface area contributed by atoms with Crippen molar-refractivity contribution in [1.29, 1.82) is 0 Å². The Labute approximate surface area is 176 Å². The summed E-state index contributed by atoms with van der Waals surface area (Å²) in [7, 11) is 0. The lowest BCUT2D eigenvalue weighted by atomic mass is 9.89. The van der Waals surface area contributed by atoms with Gasteiger partial charge in [-0.05, 0) is 81.1 Å². The van der Waals surface area contributed by atoms with E-state index in [1.54, 1.807) is 17.0 Å². The summed E-state index contributed by atoms with van der Waals surface area (Å²) in [6.07, 6.45) is 2.15. The molecule has 1 saturated heterocycles. The van der Waals surface area contributed by atoms with Gasteiger partial charge in [0.15, 0.2) is 0 Å². The smallest absolute Gasteiger partial charge is 0.410 e. The average Bonchev–Trinajstić information content (AvgIpc) is 2.60. The average molecular weight is 455 g/mol. The van der Waals surface area contributed by atoms with Gasteiger partial charge in [0.1, 0.15) is 5.60 Å². The quantitative estimate of drug-likeness (QED) is 0.617. The number of carbonyl (C=O) groups excluding carboxylic acids is 2. The fourth-order valence-electron chi connectivity index (χ4n) is 2.98. The predicted octanol–water partition coefficient (Wildman–Crippen LogP) is 5.22. The first kappa shape index (κ1) is 22.5. The number of amides is 1. The molecule has 1 aromatic carbocycles. The van der Waals surface area contributed by atoms with Gasteiger partial charge in [-0.3, -0.25) is 0 Å². The topological polar surface area (TPSA) is 67.9 Å². The van der Waals surface area contributed by atoms with Gasteiger partial charge in [-0.1, -0.05) is 6.92 Å². The number of rotatable bonds is 5. The summed E-state index contributed by atoms with van der Waals surface area (Å²) >= 11 is 3.55. The maximum atomic E-state index is 12.2. The molecule has 2 rings (SSSR count). The molecule has 156 valence electrons. The summed E-state index contributed by atoms with van der Waals surface area (Å²) in [6.45, 7) is 11.4. The molecule has 0 spiro atoms. The number of piperidine rings is 1. The summed E-state index contributed by atoms with van der Waals surface area (Å²) in [5, 5.41) is 3.56. The zero-order valence-corrected chi connectivity index (χ0v) is 19.0. The number of carbonyl (C=O) groups is 2. The lowest BCUT2D eigenvalue weighted by Crippen LogP contribution is -2.50. The predicted molar refractivity (Wildman–Crippen MR) is 114 cm³/mol. The number of ether oxygens (including phenoxy) is 2. The van der Waals surface area contributed by atoms with Crippen LogP contribution in [0.4, 0.5) is 10.5 Å².